The normalized spacial score (nSPS) is 14.4. The number of unbranched alkanes of at least 4 members (excludes halogenated alkanes) is 7. The molecule has 0 aromatic rings. The molecule has 0 heteroatoms. The van der Waals surface area contributed by atoms with Gasteiger partial charge in [-0.3, -0.25) is 0 Å². The van der Waals surface area contributed by atoms with Crippen molar-refractivity contribution in [2.24, 2.45) is 11.8 Å². The Morgan fingerprint density at radius 2 is 1.26 bits per heavy atom. The zero-order chi connectivity index (χ0) is 17.2. The van der Waals surface area contributed by atoms with Crippen molar-refractivity contribution in [3.63, 3.8) is 0 Å². The smallest absolute Gasteiger partial charge is 0.0236 e. The first-order valence-corrected chi connectivity index (χ1v) is 10.9. The van der Waals surface area contributed by atoms with E-state index in [0.717, 1.165) is 11.8 Å². The highest BCUT2D eigenvalue weighted by molar-refractivity contribution is 4.87. The van der Waals surface area contributed by atoms with Crippen LogP contribution in [0.2, 0.25) is 0 Å². The Labute approximate surface area is 148 Å². The van der Waals surface area contributed by atoms with Crippen LogP contribution < -0.4 is 0 Å². The summed E-state index contributed by atoms with van der Waals surface area (Å²) >= 11 is 0. The first-order valence-electron chi connectivity index (χ1n) is 10.9. The van der Waals surface area contributed by atoms with Crippen LogP contribution in [0.4, 0.5) is 0 Å². The Balaban J connectivity index is 3.58. The van der Waals surface area contributed by atoms with Crippen LogP contribution in [0.3, 0.4) is 0 Å². The highest BCUT2D eigenvalue weighted by Crippen LogP contribution is 2.21. The van der Waals surface area contributed by atoms with Crippen LogP contribution >= 0.6 is 0 Å². The summed E-state index contributed by atoms with van der Waals surface area (Å²) in [7, 11) is 0. The Morgan fingerprint density at radius 1 is 0.609 bits per heavy atom. The van der Waals surface area contributed by atoms with Gasteiger partial charge in [-0.2, -0.15) is 0 Å². The number of hydrogen-bond acceptors (Lipinski definition) is 0. The lowest BCUT2D eigenvalue weighted by Crippen LogP contribution is -1.99. The molecule has 0 N–H and O–H groups in total. The molecule has 0 saturated carbocycles. The van der Waals surface area contributed by atoms with Gasteiger partial charge in [-0.1, -0.05) is 110 Å². The maximum absolute atomic E-state index is 2.50. The average molecular weight is 323 g/mol. The van der Waals surface area contributed by atoms with Crippen molar-refractivity contribution in [2.45, 2.75) is 124 Å². The molecule has 0 aromatic carbocycles. The minimum atomic E-state index is 0.836. The minimum Gasteiger partial charge on any atom is -0.0883 e. The van der Waals surface area contributed by atoms with Gasteiger partial charge in [0.15, 0.2) is 0 Å². The third-order valence-electron chi connectivity index (χ3n) is 5.39. The van der Waals surface area contributed by atoms with Gasteiger partial charge >= 0.3 is 0 Å². The maximum atomic E-state index is 2.50. The first kappa shape index (κ1) is 22.7. The highest BCUT2D eigenvalue weighted by Gasteiger charge is 2.05. The maximum Gasteiger partial charge on any atom is -0.0236 e. The Kier molecular flexibility index (Phi) is 17.9. The quantitative estimate of drug-likeness (QED) is 0.185. The van der Waals surface area contributed by atoms with E-state index in [0.29, 0.717) is 0 Å². The van der Waals surface area contributed by atoms with Crippen LogP contribution in [0.15, 0.2) is 12.2 Å². The molecule has 138 valence electrons. The van der Waals surface area contributed by atoms with E-state index in [2.05, 4.69) is 39.8 Å². The second kappa shape index (κ2) is 18.1. The van der Waals surface area contributed by atoms with Crippen LogP contribution in [-0.4, -0.2) is 0 Å². The van der Waals surface area contributed by atoms with Gasteiger partial charge in [0.1, 0.15) is 0 Å². The third kappa shape index (κ3) is 15.0. The van der Waals surface area contributed by atoms with Crippen molar-refractivity contribution in [3.8, 4) is 0 Å². The zero-order valence-electron chi connectivity index (χ0n) is 16.9. The van der Waals surface area contributed by atoms with Crippen LogP contribution in [0.5, 0.6) is 0 Å². The van der Waals surface area contributed by atoms with E-state index in [-0.39, 0.29) is 0 Å². The molecule has 0 rings (SSSR count). The van der Waals surface area contributed by atoms with Crippen molar-refractivity contribution in [1.82, 2.24) is 0 Å². The lowest BCUT2D eigenvalue weighted by molar-refractivity contribution is 0.396. The molecule has 0 aromatic heterocycles. The molecule has 0 spiro atoms. The number of rotatable bonds is 17. The van der Waals surface area contributed by atoms with Crippen LogP contribution in [0.25, 0.3) is 0 Å². The lowest BCUT2D eigenvalue weighted by Gasteiger charge is -2.14. The predicted octanol–water partition coefficient (Wildman–Crippen LogP) is 8.71. The van der Waals surface area contributed by atoms with Crippen molar-refractivity contribution in [1.29, 1.82) is 0 Å². The SMILES string of the molecule is CCCCCCC(CC)CCCCCC=CC(CC)CCCC. The third-order valence-corrected chi connectivity index (χ3v) is 5.39. The van der Waals surface area contributed by atoms with Crippen LogP contribution in [0.1, 0.15) is 124 Å². The van der Waals surface area contributed by atoms with Gasteiger partial charge in [-0.15, -0.1) is 0 Å². The van der Waals surface area contributed by atoms with Crippen molar-refractivity contribution in [2.75, 3.05) is 0 Å². The van der Waals surface area contributed by atoms with Gasteiger partial charge in [0, 0.05) is 0 Å². The van der Waals surface area contributed by atoms with Gasteiger partial charge in [-0.05, 0) is 37.5 Å². The molecule has 0 radical (unpaired) electrons. The summed E-state index contributed by atoms with van der Waals surface area (Å²) in [4.78, 5) is 0. The fourth-order valence-corrected chi connectivity index (χ4v) is 3.48. The number of hydrogen-bond donors (Lipinski definition) is 0. The lowest BCUT2D eigenvalue weighted by atomic mass is 9.92. The summed E-state index contributed by atoms with van der Waals surface area (Å²) < 4.78 is 0. The molecule has 0 bridgehead atoms. The summed E-state index contributed by atoms with van der Waals surface area (Å²) in [5, 5.41) is 0. The van der Waals surface area contributed by atoms with Gasteiger partial charge in [0.05, 0.1) is 0 Å². The molecule has 0 saturated heterocycles. The molecule has 0 aliphatic heterocycles. The summed E-state index contributed by atoms with van der Waals surface area (Å²) in [6.45, 7) is 9.31. The zero-order valence-corrected chi connectivity index (χ0v) is 16.9. The monoisotopic (exact) mass is 322 g/mol. The Hall–Kier alpha value is -0.260. The second-order valence-corrected chi connectivity index (χ2v) is 7.50. The molecule has 0 heterocycles. The minimum absolute atomic E-state index is 0.836. The molecule has 0 aliphatic carbocycles. The van der Waals surface area contributed by atoms with E-state index in [1.54, 1.807) is 0 Å². The van der Waals surface area contributed by atoms with E-state index >= 15 is 0 Å². The molecule has 2 unspecified atom stereocenters. The summed E-state index contributed by atoms with van der Waals surface area (Å²) in [5.41, 5.74) is 0. The molecule has 0 fully saturated rings. The van der Waals surface area contributed by atoms with Gasteiger partial charge in [0.25, 0.3) is 0 Å². The second-order valence-electron chi connectivity index (χ2n) is 7.50. The topological polar surface area (TPSA) is 0 Å². The van der Waals surface area contributed by atoms with Crippen molar-refractivity contribution < 1.29 is 0 Å². The van der Waals surface area contributed by atoms with Crippen LogP contribution in [-0.2, 0) is 0 Å². The fraction of sp³-hybridized carbons (Fsp3) is 0.913. The van der Waals surface area contributed by atoms with E-state index in [1.807, 2.05) is 0 Å². The summed E-state index contributed by atoms with van der Waals surface area (Å²) in [6.07, 6.45) is 26.0. The number of allylic oxidation sites excluding steroid dienone is 2. The van der Waals surface area contributed by atoms with E-state index < -0.39 is 0 Å². The van der Waals surface area contributed by atoms with Crippen molar-refractivity contribution in [3.05, 3.63) is 12.2 Å². The van der Waals surface area contributed by atoms with Gasteiger partial charge < -0.3 is 0 Å². The molecular formula is C23H46. The summed E-state index contributed by atoms with van der Waals surface area (Å²) in [5.74, 6) is 1.84. The Morgan fingerprint density at radius 3 is 1.83 bits per heavy atom. The first-order chi connectivity index (χ1) is 11.3. The molecule has 2 atom stereocenters. The van der Waals surface area contributed by atoms with E-state index in [9.17, 15) is 0 Å². The van der Waals surface area contributed by atoms with Crippen molar-refractivity contribution >= 4 is 0 Å². The fourth-order valence-electron chi connectivity index (χ4n) is 3.48. The summed E-state index contributed by atoms with van der Waals surface area (Å²) in [6, 6.07) is 0. The average Bonchev–Trinajstić information content (AvgIpc) is 2.58. The molecule has 0 nitrogen and oxygen atoms in total. The Bertz CT molecular complexity index is 240. The molecular weight excluding hydrogens is 276 g/mol. The molecule has 0 aliphatic rings. The highest BCUT2D eigenvalue weighted by atomic mass is 14.1. The van der Waals surface area contributed by atoms with Crippen LogP contribution in [0, 0.1) is 11.8 Å². The van der Waals surface area contributed by atoms with Gasteiger partial charge in [0.2, 0.25) is 0 Å². The predicted molar refractivity (Wildman–Crippen MR) is 108 cm³/mol. The van der Waals surface area contributed by atoms with E-state index in [4.69, 9.17) is 0 Å². The largest absolute Gasteiger partial charge is 0.0883 e. The molecule has 0 amide bonds. The standard InChI is InChI=1S/C23H46/c1-5-9-11-15-19-23(8-4)21-17-14-12-13-16-20-22(7-3)18-10-6-2/h16,20,22-23H,5-15,17-19,21H2,1-4H3. The molecule has 23 heavy (non-hydrogen) atoms. The van der Waals surface area contributed by atoms with Gasteiger partial charge in [-0.25, -0.2) is 0 Å². The van der Waals surface area contributed by atoms with E-state index in [1.165, 1.54) is 96.3 Å².